The summed E-state index contributed by atoms with van der Waals surface area (Å²) >= 11 is 0. The molecule has 1 unspecified atom stereocenters. The average Bonchev–Trinajstić information content (AvgIpc) is 3.22. The van der Waals surface area contributed by atoms with Gasteiger partial charge in [0.15, 0.2) is 0 Å². The van der Waals surface area contributed by atoms with Crippen LogP contribution in [0.15, 0.2) is 42.5 Å². The number of nitrogens with zero attached hydrogens (tertiary/aromatic N) is 2. The maximum atomic E-state index is 12.8. The van der Waals surface area contributed by atoms with E-state index in [1.165, 1.54) is 11.6 Å². The fourth-order valence-electron chi connectivity index (χ4n) is 4.18. The van der Waals surface area contributed by atoms with Crippen molar-refractivity contribution in [2.75, 3.05) is 18.0 Å². The summed E-state index contributed by atoms with van der Waals surface area (Å²) in [5.41, 5.74) is 3.38. The van der Waals surface area contributed by atoms with Crippen molar-refractivity contribution in [1.29, 1.82) is 0 Å². The molecule has 1 aliphatic heterocycles. The summed E-state index contributed by atoms with van der Waals surface area (Å²) in [5, 5.41) is 14.6. The van der Waals surface area contributed by atoms with Crippen LogP contribution in [-0.4, -0.2) is 23.9 Å². The van der Waals surface area contributed by atoms with E-state index < -0.39 is 0 Å². The van der Waals surface area contributed by atoms with Crippen molar-refractivity contribution in [3.63, 3.8) is 0 Å². The van der Waals surface area contributed by atoms with Crippen molar-refractivity contribution in [2.45, 2.75) is 38.1 Å². The first-order valence-electron chi connectivity index (χ1n) is 9.55. The Kier molecular flexibility index (Phi) is 4.79. The molecule has 0 spiro atoms. The van der Waals surface area contributed by atoms with Crippen LogP contribution in [0.2, 0.25) is 0 Å². The van der Waals surface area contributed by atoms with Gasteiger partial charge in [-0.1, -0.05) is 24.3 Å². The fourth-order valence-corrected chi connectivity index (χ4v) is 4.18. The van der Waals surface area contributed by atoms with Gasteiger partial charge in [0.05, 0.1) is 11.0 Å². The monoisotopic (exact) mass is 365 g/mol. The van der Waals surface area contributed by atoms with Gasteiger partial charge in [-0.15, -0.1) is 0 Å². The molecule has 1 atom stereocenters. The predicted octanol–water partition coefficient (Wildman–Crippen LogP) is 4.00. The van der Waals surface area contributed by atoms with E-state index in [2.05, 4.69) is 17.4 Å². The quantitative estimate of drug-likeness (QED) is 0.656. The van der Waals surface area contributed by atoms with Crippen LogP contribution in [0.5, 0.6) is 0 Å². The Morgan fingerprint density at radius 2 is 1.89 bits per heavy atom. The minimum absolute atomic E-state index is 0.00796. The number of nitro benzene ring substituents is 1. The molecule has 1 heterocycles. The molecule has 6 heteroatoms. The second-order valence-electron chi connectivity index (χ2n) is 7.27. The Morgan fingerprint density at radius 3 is 2.67 bits per heavy atom. The number of fused-ring (bicyclic) bond motifs is 1. The molecule has 0 radical (unpaired) electrons. The third-order valence-electron chi connectivity index (χ3n) is 5.56. The minimum Gasteiger partial charge on any atom is -0.366 e. The summed E-state index contributed by atoms with van der Waals surface area (Å²) in [6, 6.07) is 12.9. The molecule has 2 aromatic rings. The van der Waals surface area contributed by atoms with Crippen LogP contribution in [0.1, 0.15) is 53.2 Å². The van der Waals surface area contributed by atoms with Crippen molar-refractivity contribution in [1.82, 2.24) is 5.32 Å². The number of nitro groups is 1. The molecule has 140 valence electrons. The topological polar surface area (TPSA) is 75.5 Å². The Labute approximate surface area is 158 Å². The molecule has 0 bridgehead atoms. The Balaban J connectivity index is 1.57. The van der Waals surface area contributed by atoms with Gasteiger partial charge in [-0.25, -0.2) is 0 Å². The number of rotatable bonds is 4. The SMILES string of the molecule is O=C(NC1CCCc2ccccc21)c1ccc(N2CCCC2)c([N+](=O)[O-])c1. The molecule has 6 nitrogen and oxygen atoms in total. The number of carbonyl (C=O) groups excluding carboxylic acids is 1. The number of benzene rings is 2. The number of amides is 1. The van der Waals surface area contributed by atoms with E-state index in [4.69, 9.17) is 0 Å². The van der Waals surface area contributed by atoms with Gasteiger partial charge in [0.2, 0.25) is 0 Å². The van der Waals surface area contributed by atoms with E-state index in [1.807, 2.05) is 17.0 Å². The van der Waals surface area contributed by atoms with Gasteiger partial charge in [0.1, 0.15) is 5.69 Å². The summed E-state index contributed by atoms with van der Waals surface area (Å²) in [6.45, 7) is 1.65. The lowest BCUT2D eigenvalue weighted by molar-refractivity contribution is -0.384. The molecule has 0 aromatic heterocycles. The van der Waals surface area contributed by atoms with E-state index in [0.29, 0.717) is 11.3 Å². The number of aryl methyl sites for hydroxylation is 1. The van der Waals surface area contributed by atoms with E-state index in [0.717, 1.165) is 50.8 Å². The normalized spacial score (nSPS) is 18.8. The maximum absolute atomic E-state index is 12.8. The van der Waals surface area contributed by atoms with Crippen LogP contribution in [0.4, 0.5) is 11.4 Å². The van der Waals surface area contributed by atoms with E-state index in [-0.39, 0.29) is 22.6 Å². The van der Waals surface area contributed by atoms with Gasteiger partial charge in [-0.05, 0) is 55.4 Å². The fraction of sp³-hybridized carbons (Fsp3) is 0.381. The van der Waals surface area contributed by atoms with E-state index in [9.17, 15) is 14.9 Å². The van der Waals surface area contributed by atoms with Crippen molar-refractivity contribution >= 4 is 17.3 Å². The average molecular weight is 365 g/mol. The van der Waals surface area contributed by atoms with Crippen molar-refractivity contribution in [2.24, 2.45) is 0 Å². The zero-order valence-electron chi connectivity index (χ0n) is 15.2. The number of hydrogen-bond donors (Lipinski definition) is 1. The molecule has 4 rings (SSSR count). The van der Waals surface area contributed by atoms with Crippen LogP contribution >= 0.6 is 0 Å². The van der Waals surface area contributed by atoms with Crippen LogP contribution in [0.3, 0.4) is 0 Å². The van der Waals surface area contributed by atoms with Crippen molar-refractivity contribution < 1.29 is 9.72 Å². The van der Waals surface area contributed by atoms with Gasteiger partial charge in [-0.2, -0.15) is 0 Å². The smallest absolute Gasteiger partial charge is 0.293 e. The Morgan fingerprint density at radius 1 is 1.11 bits per heavy atom. The second-order valence-corrected chi connectivity index (χ2v) is 7.27. The van der Waals surface area contributed by atoms with Crippen LogP contribution in [0.25, 0.3) is 0 Å². The summed E-state index contributed by atoms with van der Waals surface area (Å²) in [4.78, 5) is 26.0. The minimum atomic E-state index is -0.389. The first-order chi connectivity index (χ1) is 13.1. The molecule has 2 aromatic carbocycles. The second kappa shape index (κ2) is 7.39. The molecule has 1 aliphatic carbocycles. The largest absolute Gasteiger partial charge is 0.366 e. The lowest BCUT2D eigenvalue weighted by Crippen LogP contribution is -2.31. The van der Waals surface area contributed by atoms with Gasteiger partial charge in [0.25, 0.3) is 11.6 Å². The van der Waals surface area contributed by atoms with Gasteiger partial charge < -0.3 is 10.2 Å². The zero-order chi connectivity index (χ0) is 18.8. The molecule has 1 saturated heterocycles. The summed E-state index contributed by atoms with van der Waals surface area (Å²) in [6.07, 6.45) is 5.02. The first-order valence-corrected chi connectivity index (χ1v) is 9.55. The van der Waals surface area contributed by atoms with Gasteiger partial charge in [0, 0.05) is 24.7 Å². The third kappa shape index (κ3) is 3.52. The molecular weight excluding hydrogens is 342 g/mol. The highest BCUT2D eigenvalue weighted by Gasteiger charge is 2.26. The van der Waals surface area contributed by atoms with Crippen molar-refractivity contribution in [3.8, 4) is 0 Å². The van der Waals surface area contributed by atoms with Crippen molar-refractivity contribution in [3.05, 3.63) is 69.3 Å². The number of anilines is 1. The molecule has 0 saturated carbocycles. The number of hydrogen-bond acceptors (Lipinski definition) is 4. The number of carbonyl (C=O) groups is 1. The Hall–Kier alpha value is -2.89. The van der Waals surface area contributed by atoms with E-state index in [1.54, 1.807) is 12.1 Å². The molecule has 1 N–H and O–H groups in total. The summed E-state index contributed by atoms with van der Waals surface area (Å²) in [7, 11) is 0. The molecular formula is C21H23N3O3. The summed E-state index contributed by atoms with van der Waals surface area (Å²) < 4.78 is 0. The van der Waals surface area contributed by atoms with Gasteiger partial charge in [-0.3, -0.25) is 14.9 Å². The molecule has 1 fully saturated rings. The predicted molar refractivity (Wildman–Crippen MR) is 104 cm³/mol. The molecule has 27 heavy (non-hydrogen) atoms. The van der Waals surface area contributed by atoms with E-state index >= 15 is 0 Å². The van der Waals surface area contributed by atoms with Crippen LogP contribution in [-0.2, 0) is 6.42 Å². The highest BCUT2D eigenvalue weighted by Crippen LogP contribution is 2.33. The van der Waals surface area contributed by atoms with Gasteiger partial charge >= 0.3 is 0 Å². The standard InChI is InChI=1S/C21H23N3O3/c25-21(22-18-9-5-7-15-6-1-2-8-17(15)18)16-10-11-19(20(14-16)24(26)27)23-12-3-4-13-23/h1-2,6,8,10-11,14,18H,3-5,7,9,12-13H2,(H,22,25). The maximum Gasteiger partial charge on any atom is 0.293 e. The highest BCUT2D eigenvalue weighted by atomic mass is 16.6. The summed E-state index contributed by atoms with van der Waals surface area (Å²) in [5.74, 6) is -0.257. The van der Waals surface area contributed by atoms with Crippen LogP contribution in [0, 0.1) is 10.1 Å². The zero-order valence-corrected chi connectivity index (χ0v) is 15.2. The third-order valence-corrected chi connectivity index (χ3v) is 5.56. The lowest BCUT2D eigenvalue weighted by Gasteiger charge is -2.26. The highest BCUT2D eigenvalue weighted by molar-refractivity contribution is 5.96. The molecule has 1 amide bonds. The first kappa shape index (κ1) is 17.5. The Bertz CT molecular complexity index is 875. The number of nitrogens with one attached hydrogen (secondary N) is 1. The molecule has 2 aliphatic rings. The van der Waals surface area contributed by atoms with Crippen LogP contribution < -0.4 is 10.2 Å². The lowest BCUT2D eigenvalue weighted by atomic mass is 9.87.